The highest BCUT2D eigenvalue weighted by Crippen LogP contribution is 2.27. The highest BCUT2D eigenvalue weighted by Gasteiger charge is 2.37. The summed E-state index contributed by atoms with van der Waals surface area (Å²) in [5, 5.41) is 2.65. The van der Waals surface area contributed by atoms with Gasteiger partial charge in [-0.3, -0.25) is 14.9 Å². The lowest BCUT2D eigenvalue weighted by molar-refractivity contribution is -0.122. The molecule has 166 valence electrons. The van der Waals surface area contributed by atoms with Crippen LogP contribution in [0.3, 0.4) is 0 Å². The molecule has 7 heteroatoms. The van der Waals surface area contributed by atoms with Crippen LogP contribution in [0.1, 0.15) is 29.2 Å². The maximum Gasteiger partial charge on any atom is 0.335 e. The monoisotopic (exact) mass is 462 g/mol. The molecule has 0 aliphatic carbocycles. The number of hydrogen-bond acceptors (Lipinski definition) is 3. The zero-order valence-corrected chi connectivity index (χ0v) is 18.5. The first-order valence-corrected chi connectivity index (χ1v) is 10.8. The highest BCUT2D eigenvalue weighted by molar-refractivity contribution is 6.39. The lowest BCUT2D eigenvalue weighted by atomic mass is 10.0. The number of anilines is 1. The standard InChI is InChI=1S/C26H20ClFN2O3/c1-2-18-7-3-4-9-23(18)30-25(32)21(24(31)29-26(30)33)14-17-10-11-19(22(27)15-17)12-16-6-5-8-20(28)13-16/h3-11,13-15H,2,12H2,1H3,(H,29,31,33)/b21-14-. The van der Waals surface area contributed by atoms with E-state index in [4.69, 9.17) is 11.6 Å². The van der Waals surface area contributed by atoms with Crippen molar-refractivity contribution in [1.82, 2.24) is 5.32 Å². The molecule has 3 aromatic rings. The van der Waals surface area contributed by atoms with Crippen LogP contribution in [-0.2, 0) is 22.4 Å². The van der Waals surface area contributed by atoms with Gasteiger partial charge in [-0.05, 0) is 65.4 Å². The molecule has 0 radical (unpaired) electrons. The third-order valence-electron chi connectivity index (χ3n) is 5.39. The predicted octanol–water partition coefficient (Wildman–Crippen LogP) is 5.30. The second kappa shape index (κ2) is 9.38. The van der Waals surface area contributed by atoms with Crippen molar-refractivity contribution >= 4 is 41.2 Å². The van der Waals surface area contributed by atoms with Crippen LogP contribution in [-0.4, -0.2) is 17.8 Å². The number of halogens is 2. The number of aryl methyl sites for hydroxylation is 1. The first-order chi connectivity index (χ1) is 15.9. The lowest BCUT2D eigenvalue weighted by Crippen LogP contribution is -2.54. The first kappa shape index (κ1) is 22.4. The van der Waals surface area contributed by atoms with Gasteiger partial charge in [-0.1, -0.05) is 61.0 Å². The van der Waals surface area contributed by atoms with E-state index in [0.29, 0.717) is 29.1 Å². The fraction of sp³-hybridized carbons (Fsp3) is 0.115. The molecule has 4 amide bonds. The molecule has 0 saturated carbocycles. The number of nitrogens with zero attached hydrogens (tertiary/aromatic N) is 1. The van der Waals surface area contributed by atoms with Crippen molar-refractivity contribution in [2.45, 2.75) is 19.8 Å². The molecule has 0 aromatic heterocycles. The molecular weight excluding hydrogens is 443 g/mol. The van der Waals surface area contributed by atoms with Gasteiger partial charge in [0.1, 0.15) is 11.4 Å². The number of para-hydroxylation sites is 1. The SMILES string of the molecule is CCc1ccccc1N1C(=O)NC(=O)/C(=C/c2ccc(Cc3cccc(F)c3)c(Cl)c2)C1=O. The van der Waals surface area contributed by atoms with Gasteiger partial charge in [0.05, 0.1) is 5.69 Å². The van der Waals surface area contributed by atoms with Crippen LogP contribution in [0.25, 0.3) is 6.08 Å². The Labute approximate surface area is 195 Å². The van der Waals surface area contributed by atoms with Crippen molar-refractivity contribution in [3.63, 3.8) is 0 Å². The summed E-state index contributed by atoms with van der Waals surface area (Å²) in [6.45, 7) is 1.92. The minimum Gasteiger partial charge on any atom is -0.273 e. The molecule has 0 atom stereocenters. The van der Waals surface area contributed by atoms with Crippen LogP contribution < -0.4 is 10.2 Å². The second-order valence-corrected chi connectivity index (χ2v) is 8.00. The average molecular weight is 463 g/mol. The number of benzene rings is 3. The van der Waals surface area contributed by atoms with Crippen molar-refractivity contribution < 1.29 is 18.8 Å². The summed E-state index contributed by atoms with van der Waals surface area (Å²) < 4.78 is 13.5. The number of hydrogen-bond donors (Lipinski definition) is 1. The second-order valence-electron chi connectivity index (χ2n) is 7.60. The average Bonchev–Trinajstić information content (AvgIpc) is 2.78. The molecule has 5 nitrogen and oxygen atoms in total. The number of imide groups is 2. The normalized spacial score (nSPS) is 15.2. The van der Waals surface area contributed by atoms with Crippen LogP contribution in [0.2, 0.25) is 5.02 Å². The summed E-state index contributed by atoms with van der Waals surface area (Å²) in [5.41, 5.74) is 3.14. The molecule has 1 heterocycles. The molecule has 1 aliphatic rings. The van der Waals surface area contributed by atoms with E-state index in [0.717, 1.165) is 21.6 Å². The first-order valence-electron chi connectivity index (χ1n) is 10.4. The van der Waals surface area contributed by atoms with Crippen molar-refractivity contribution in [3.05, 3.63) is 105 Å². The zero-order valence-electron chi connectivity index (χ0n) is 17.8. The topological polar surface area (TPSA) is 66.5 Å². The lowest BCUT2D eigenvalue weighted by Gasteiger charge is -2.28. The van der Waals surface area contributed by atoms with Crippen molar-refractivity contribution in [2.75, 3.05) is 4.90 Å². The summed E-state index contributed by atoms with van der Waals surface area (Å²) in [7, 11) is 0. The Balaban J connectivity index is 1.64. The third kappa shape index (κ3) is 4.71. The number of barbiturate groups is 1. The van der Waals surface area contributed by atoms with Gasteiger partial charge in [-0.25, -0.2) is 14.1 Å². The molecule has 1 aliphatic heterocycles. The van der Waals surface area contributed by atoms with Crippen LogP contribution in [0, 0.1) is 5.82 Å². The van der Waals surface area contributed by atoms with E-state index < -0.39 is 17.8 Å². The van der Waals surface area contributed by atoms with Gasteiger partial charge in [0, 0.05) is 5.02 Å². The van der Waals surface area contributed by atoms with E-state index in [1.54, 1.807) is 42.5 Å². The van der Waals surface area contributed by atoms with E-state index in [1.807, 2.05) is 19.1 Å². The van der Waals surface area contributed by atoms with Crippen molar-refractivity contribution in [3.8, 4) is 0 Å². The number of carbonyl (C=O) groups excluding carboxylic acids is 3. The predicted molar refractivity (Wildman–Crippen MR) is 125 cm³/mol. The maximum atomic E-state index is 13.5. The fourth-order valence-corrected chi connectivity index (χ4v) is 3.99. The van der Waals surface area contributed by atoms with Gasteiger partial charge in [0.15, 0.2) is 0 Å². The van der Waals surface area contributed by atoms with Gasteiger partial charge in [-0.2, -0.15) is 0 Å². The molecule has 1 saturated heterocycles. The number of urea groups is 1. The smallest absolute Gasteiger partial charge is 0.273 e. The van der Waals surface area contributed by atoms with Crippen LogP contribution in [0.5, 0.6) is 0 Å². The largest absolute Gasteiger partial charge is 0.335 e. The Morgan fingerprint density at radius 1 is 0.970 bits per heavy atom. The molecule has 1 N–H and O–H groups in total. The van der Waals surface area contributed by atoms with Crippen molar-refractivity contribution in [1.29, 1.82) is 0 Å². The highest BCUT2D eigenvalue weighted by atomic mass is 35.5. The van der Waals surface area contributed by atoms with Gasteiger partial charge < -0.3 is 0 Å². The number of rotatable bonds is 5. The zero-order chi connectivity index (χ0) is 23.5. The summed E-state index contributed by atoms with van der Waals surface area (Å²) in [5.74, 6) is -1.80. The minimum absolute atomic E-state index is 0.172. The Morgan fingerprint density at radius 3 is 2.48 bits per heavy atom. The number of amides is 4. The Morgan fingerprint density at radius 2 is 1.76 bits per heavy atom. The summed E-state index contributed by atoms with van der Waals surface area (Å²) in [6.07, 6.45) is 2.45. The minimum atomic E-state index is -0.786. The molecule has 4 rings (SSSR count). The van der Waals surface area contributed by atoms with E-state index >= 15 is 0 Å². The Kier molecular flexibility index (Phi) is 6.38. The Bertz CT molecular complexity index is 1300. The van der Waals surface area contributed by atoms with E-state index in [-0.39, 0.29) is 11.4 Å². The van der Waals surface area contributed by atoms with E-state index in [2.05, 4.69) is 5.32 Å². The van der Waals surface area contributed by atoms with Gasteiger partial charge in [0.25, 0.3) is 11.8 Å². The van der Waals surface area contributed by atoms with Crippen molar-refractivity contribution in [2.24, 2.45) is 0 Å². The number of carbonyl (C=O) groups is 3. The molecule has 0 spiro atoms. The van der Waals surface area contributed by atoms with Gasteiger partial charge in [0.2, 0.25) is 0 Å². The molecular formula is C26H20ClFN2O3. The van der Waals surface area contributed by atoms with Crippen LogP contribution >= 0.6 is 11.6 Å². The molecule has 1 fully saturated rings. The van der Waals surface area contributed by atoms with E-state index in [1.165, 1.54) is 18.2 Å². The maximum absolute atomic E-state index is 13.5. The van der Waals surface area contributed by atoms with Gasteiger partial charge in [-0.15, -0.1) is 0 Å². The van der Waals surface area contributed by atoms with Crippen LogP contribution in [0.15, 0.2) is 72.3 Å². The van der Waals surface area contributed by atoms with Gasteiger partial charge >= 0.3 is 6.03 Å². The van der Waals surface area contributed by atoms with E-state index in [9.17, 15) is 18.8 Å². The van der Waals surface area contributed by atoms with Crippen LogP contribution in [0.4, 0.5) is 14.9 Å². The Hall–Kier alpha value is -3.77. The molecule has 3 aromatic carbocycles. The molecule has 33 heavy (non-hydrogen) atoms. The quantitative estimate of drug-likeness (QED) is 0.413. The fourth-order valence-electron chi connectivity index (χ4n) is 3.73. The molecule has 0 bridgehead atoms. The summed E-state index contributed by atoms with van der Waals surface area (Å²) in [4.78, 5) is 39.1. The third-order valence-corrected chi connectivity index (χ3v) is 5.74. The molecule has 0 unspecified atom stereocenters. The summed E-state index contributed by atoms with van der Waals surface area (Å²) in [6, 6.07) is 17.6. The summed E-state index contributed by atoms with van der Waals surface area (Å²) >= 11 is 6.42. The number of nitrogens with one attached hydrogen (secondary N) is 1.